The van der Waals surface area contributed by atoms with Crippen molar-refractivity contribution in [1.29, 1.82) is 0 Å². The molecule has 4 aliphatic carbocycles. The second kappa shape index (κ2) is 7.17. The van der Waals surface area contributed by atoms with Crippen molar-refractivity contribution >= 4 is 23.3 Å². The zero-order valence-corrected chi connectivity index (χ0v) is 17.5. The molecular formula is C22H31ClN4O. The van der Waals surface area contributed by atoms with Crippen LogP contribution in [-0.2, 0) is 4.79 Å². The van der Waals surface area contributed by atoms with Crippen LogP contribution in [0.2, 0.25) is 5.02 Å². The highest BCUT2D eigenvalue weighted by molar-refractivity contribution is 6.30. The van der Waals surface area contributed by atoms with Crippen LogP contribution in [0, 0.1) is 17.8 Å². The number of piperazine rings is 1. The lowest BCUT2D eigenvalue weighted by Gasteiger charge is -2.57. The number of hydrogen-bond acceptors (Lipinski definition) is 4. The molecule has 1 aromatic rings. The van der Waals surface area contributed by atoms with Gasteiger partial charge in [-0.2, -0.15) is 0 Å². The molecule has 5 aliphatic rings. The number of halogens is 1. The van der Waals surface area contributed by atoms with Crippen molar-refractivity contribution in [3.05, 3.63) is 23.4 Å². The van der Waals surface area contributed by atoms with E-state index in [1.165, 1.54) is 38.5 Å². The van der Waals surface area contributed by atoms with Crippen LogP contribution in [0.5, 0.6) is 0 Å². The Hall–Kier alpha value is -1.33. The molecule has 6 heteroatoms. The highest BCUT2D eigenvalue weighted by Gasteiger charge is 2.51. The Balaban J connectivity index is 1.17. The Bertz CT molecular complexity index is 693. The topological polar surface area (TPSA) is 48.5 Å². The molecule has 5 nitrogen and oxygen atoms in total. The zero-order valence-electron chi connectivity index (χ0n) is 16.7. The zero-order chi connectivity index (χ0) is 19.3. The fourth-order valence-electron chi connectivity index (χ4n) is 6.69. The van der Waals surface area contributed by atoms with Crippen molar-refractivity contribution in [2.24, 2.45) is 17.8 Å². The first-order chi connectivity index (χ1) is 13.5. The number of carbonyl (C=O) groups is 1. The molecule has 1 unspecified atom stereocenters. The minimum Gasteiger partial charge on any atom is -0.354 e. The highest BCUT2D eigenvalue weighted by atomic mass is 35.5. The van der Waals surface area contributed by atoms with Crippen LogP contribution in [0.4, 0.5) is 5.82 Å². The molecule has 1 atom stereocenters. The van der Waals surface area contributed by atoms with E-state index in [4.69, 9.17) is 11.6 Å². The van der Waals surface area contributed by atoms with Crippen LogP contribution < -0.4 is 10.2 Å². The Labute approximate surface area is 172 Å². The van der Waals surface area contributed by atoms with E-state index in [1.807, 2.05) is 12.1 Å². The second-order valence-electron chi connectivity index (χ2n) is 9.72. The van der Waals surface area contributed by atoms with Gasteiger partial charge in [0.1, 0.15) is 5.82 Å². The van der Waals surface area contributed by atoms with Gasteiger partial charge in [0.05, 0.1) is 11.1 Å². The number of hydrogen-bond donors (Lipinski definition) is 1. The maximum absolute atomic E-state index is 13.1. The normalized spacial score (nSPS) is 35.8. The molecule has 4 saturated carbocycles. The molecule has 1 amide bonds. The first-order valence-corrected chi connectivity index (χ1v) is 11.3. The lowest BCUT2D eigenvalue weighted by molar-refractivity contribution is -0.131. The molecular weight excluding hydrogens is 372 g/mol. The first-order valence-electron chi connectivity index (χ1n) is 10.9. The minimum absolute atomic E-state index is 0.0617. The molecule has 28 heavy (non-hydrogen) atoms. The Morgan fingerprint density at radius 3 is 2.25 bits per heavy atom. The fourth-order valence-corrected chi connectivity index (χ4v) is 6.80. The van der Waals surface area contributed by atoms with E-state index in [2.05, 4.69) is 27.0 Å². The summed E-state index contributed by atoms with van der Waals surface area (Å²) in [6.07, 6.45) is 9.57. The van der Waals surface area contributed by atoms with E-state index in [1.54, 1.807) is 6.20 Å². The summed E-state index contributed by atoms with van der Waals surface area (Å²) in [5, 5.41) is 4.21. The number of nitrogens with zero attached hydrogens (tertiary/aromatic N) is 3. The predicted molar refractivity (Wildman–Crippen MR) is 112 cm³/mol. The maximum atomic E-state index is 13.1. The molecule has 0 aromatic carbocycles. The summed E-state index contributed by atoms with van der Waals surface area (Å²) in [7, 11) is 0. The fraction of sp³-hybridized carbons (Fsp3) is 0.727. The van der Waals surface area contributed by atoms with E-state index in [0.717, 1.165) is 49.8 Å². The molecule has 152 valence electrons. The lowest BCUT2D eigenvalue weighted by atomic mass is 9.53. The van der Waals surface area contributed by atoms with Crippen molar-refractivity contribution in [1.82, 2.24) is 15.2 Å². The van der Waals surface area contributed by atoms with Gasteiger partial charge in [-0.1, -0.05) is 11.6 Å². The van der Waals surface area contributed by atoms with Gasteiger partial charge in [0, 0.05) is 37.9 Å². The standard InChI is InChI=1S/C22H31ClN4O/c1-15(26-4-6-27(7-5-26)20-3-2-19(23)14-24-20)21(28)25-22-11-16-8-17(12-22)10-18(9-16)13-22/h2-3,14-18H,4-13H2,1H3,(H,25,28). The lowest BCUT2D eigenvalue weighted by Crippen LogP contribution is -2.63. The van der Waals surface area contributed by atoms with Crippen LogP contribution in [0.15, 0.2) is 18.3 Å². The van der Waals surface area contributed by atoms with E-state index < -0.39 is 0 Å². The average Bonchev–Trinajstić information content (AvgIpc) is 2.67. The number of carbonyl (C=O) groups excluding carboxylic acids is 1. The Morgan fingerprint density at radius 1 is 1.11 bits per heavy atom. The van der Waals surface area contributed by atoms with E-state index >= 15 is 0 Å². The van der Waals surface area contributed by atoms with Crippen LogP contribution in [0.1, 0.15) is 45.4 Å². The summed E-state index contributed by atoms with van der Waals surface area (Å²) in [5.41, 5.74) is 0.106. The molecule has 1 saturated heterocycles. The van der Waals surface area contributed by atoms with Crippen LogP contribution in [0.3, 0.4) is 0 Å². The van der Waals surface area contributed by atoms with Crippen molar-refractivity contribution in [2.45, 2.75) is 57.0 Å². The number of nitrogens with one attached hydrogen (secondary N) is 1. The minimum atomic E-state index is -0.0617. The Morgan fingerprint density at radius 2 is 1.71 bits per heavy atom. The van der Waals surface area contributed by atoms with E-state index in [-0.39, 0.29) is 17.5 Å². The monoisotopic (exact) mass is 402 g/mol. The van der Waals surface area contributed by atoms with Gasteiger partial charge in [-0.3, -0.25) is 9.69 Å². The van der Waals surface area contributed by atoms with Crippen LogP contribution in [-0.4, -0.2) is 53.6 Å². The summed E-state index contributed by atoms with van der Waals surface area (Å²) < 4.78 is 0. The van der Waals surface area contributed by atoms with Crippen molar-refractivity contribution in [2.75, 3.05) is 31.1 Å². The summed E-state index contributed by atoms with van der Waals surface area (Å²) in [6.45, 7) is 5.64. The third-order valence-electron chi connectivity index (χ3n) is 7.70. The van der Waals surface area contributed by atoms with Crippen molar-refractivity contribution in [3.8, 4) is 0 Å². The van der Waals surface area contributed by atoms with Gasteiger partial charge in [-0.15, -0.1) is 0 Å². The third-order valence-corrected chi connectivity index (χ3v) is 7.93. The molecule has 1 N–H and O–H groups in total. The number of pyridine rings is 1. The van der Waals surface area contributed by atoms with Gasteiger partial charge < -0.3 is 10.2 Å². The first kappa shape index (κ1) is 18.7. The summed E-state index contributed by atoms with van der Waals surface area (Å²) >= 11 is 5.94. The SMILES string of the molecule is CC(C(=O)NC12CC3CC(CC(C3)C1)C2)N1CCN(c2ccc(Cl)cn2)CC1. The number of amides is 1. The second-order valence-corrected chi connectivity index (χ2v) is 10.2. The van der Waals surface area contributed by atoms with Gasteiger partial charge in [-0.05, 0) is 75.3 Å². The molecule has 5 fully saturated rings. The molecule has 0 spiro atoms. The average molecular weight is 403 g/mol. The maximum Gasteiger partial charge on any atom is 0.237 e. The smallest absolute Gasteiger partial charge is 0.237 e. The number of anilines is 1. The van der Waals surface area contributed by atoms with Crippen molar-refractivity contribution < 1.29 is 4.79 Å². The third kappa shape index (κ3) is 3.52. The van der Waals surface area contributed by atoms with E-state index in [9.17, 15) is 4.79 Å². The van der Waals surface area contributed by atoms with Crippen LogP contribution in [0.25, 0.3) is 0 Å². The molecule has 4 bridgehead atoms. The molecule has 2 heterocycles. The van der Waals surface area contributed by atoms with Gasteiger partial charge in [0.2, 0.25) is 5.91 Å². The number of rotatable bonds is 4. The summed E-state index contributed by atoms with van der Waals surface area (Å²) in [5.74, 6) is 3.78. The highest BCUT2D eigenvalue weighted by Crippen LogP contribution is 2.55. The van der Waals surface area contributed by atoms with Crippen LogP contribution >= 0.6 is 11.6 Å². The van der Waals surface area contributed by atoms with Gasteiger partial charge >= 0.3 is 0 Å². The predicted octanol–water partition coefficient (Wildman–Crippen LogP) is 3.33. The number of aromatic nitrogens is 1. The van der Waals surface area contributed by atoms with Crippen molar-refractivity contribution in [3.63, 3.8) is 0 Å². The van der Waals surface area contributed by atoms with Gasteiger partial charge in [0.15, 0.2) is 0 Å². The molecule has 0 radical (unpaired) electrons. The molecule has 1 aromatic heterocycles. The van der Waals surface area contributed by atoms with Gasteiger partial charge in [-0.25, -0.2) is 4.98 Å². The van der Waals surface area contributed by atoms with E-state index in [0.29, 0.717) is 5.02 Å². The Kier molecular flexibility index (Phi) is 4.79. The molecule has 1 aliphatic heterocycles. The van der Waals surface area contributed by atoms with Gasteiger partial charge in [0.25, 0.3) is 0 Å². The summed E-state index contributed by atoms with van der Waals surface area (Å²) in [4.78, 5) is 22.1. The molecule has 6 rings (SSSR count). The largest absolute Gasteiger partial charge is 0.354 e. The quantitative estimate of drug-likeness (QED) is 0.839. The summed E-state index contributed by atoms with van der Waals surface area (Å²) in [6, 6.07) is 3.80.